The van der Waals surface area contributed by atoms with Gasteiger partial charge in [0.15, 0.2) is 0 Å². The first kappa shape index (κ1) is 15.3. The SMILES string of the molecule is CC(=O)Nc1cccc(C(=O)Nc2cccc(-c3nn[nH]n3)c2)c1. The van der Waals surface area contributed by atoms with Crippen molar-refractivity contribution >= 4 is 23.2 Å². The van der Waals surface area contributed by atoms with Gasteiger partial charge in [-0.15, -0.1) is 10.2 Å². The Kier molecular flexibility index (Phi) is 4.28. The first-order chi connectivity index (χ1) is 11.6. The molecule has 0 bridgehead atoms. The molecule has 0 unspecified atom stereocenters. The van der Waals surface area contributed by atoms with E-state index in [1.54, 1.807) is 42.5 Å². The lowest BCUT2D eigenvalue weighted by Crippen LogP contribution is -2.13. The van der Waals surface area contributed by atoms with Crippen molar-refractivity contribution in [2.75, 3.05) is 10.6 Å². The average molecular weight is 322 g/mol. The number of hydrogen-bond donors (Lipinski definition) is 3. The second-order valence-electron chi connectivity index (χ2n) is 5.03. The molecule has 24 heavy (non-hydrogen) atoms. The van der Waals surface area contributed by atoms with E-state index in [0.717, 1.165) is 5.56 Å². The highest BCUT2D eigenvalue weighted by Gasteiger charge is 2.09. The molecule has 3 aromatic rings. The predicted octanol–water partition coefficient (Wildman–Crippen LogP) is 2.08. The number of carbonyl (C=O) groups excluding carboxylic acids is 2. The molecule has 0 aliphatic carbocycles. The summed E-state index contributed by atoms with van der Waals surface area (Å²) in [5.74, 6) is -0.0356. The van der Waals surface area contributed by atoms with Crippen LogP contribution < -0.4 is 10.6 Å². The van der Waals surface area contributed by atoms with Crippen LogP contribution in [0.15, 0.2) is 48.5 Å². The maximum absolute atomic E-state index is 12.4. The first-order valence-corrected chi connectivity index (χ1v) is 7.15. The summed E-state index contributed by atoms with van der Waals surface area (Å²) in [7, 11) is 0. The van der Waals surface area contributed by atoms with Gasteiger partial charge < -0.3 is 10.6 Å². The highest BCUT2D eigenvalue weighted by molar-refractivity contribution is 6.05. The predicted molar refractivity (Wildman–Crippen MR) is 88.3 cm³/mol. The molecule has 2 aromatic carbocycles. The van der Waals surface area contributed by atoms with Crippen molar-refractivity contribution < 1.29 is 9.59 Å². The van der Waals surface area contributed by atoms with Crippen molar-refractivity contribution in [3.05, 3.63) is 54.1 Å². The molecule has 1 heterocycles. The van der Waals surface area contributed by atoms with E-state index < -0.39 is 0 Å². The van der Waals surface area contributed by atoms with E-state index in [1.165, 1.54) is 6.92 Å². The van der Waals surface area contributed by atoms with Crippen LogP contribution in [-0.2, 0) is 4.79 Å². The number of anilines is 2. The summed E-state index contributed by atoms with van der Waals surface area (Å²) < 4.78 is 0. The Balaban J connectivity index is 1.78. The number of benzene rings is 2. The second kappa shape index (κ2) is 6.69. The molecule has 3 N–H and O–H groups in total. The van der Waals surface area contributed by atoms with Crippen molar-refractivity contribution in [1.82, 2.24) is 20.6 Å². The van der Waals surface area contributed by atoms with Gasteiger partial charge in [-0.05, 0) is 35.5 Å². The monoisotopic (exact) mass is 322 g/mol. The molecule has 0 fully saturated rings. The number of aromatic nitrogens is 4. The summed E-state index contributed by atoms with van der Waals surface area (Å²) in [5.41, 5.74) is 2.34. The van der Waals surface area contributed by atoms with Gasteiger partial charge in [0.25, 0.3) is 5.91 Å². The zero-order valence-electron chi connectivity index (χ0n) is 12.8. The normalized spacial score (nSPS) is 10.2. The molecule has 0 aliphatic rings. The third kappa shape index (κ3) is 3.61. The number of tetrazole rings is 1. The van der Waals surface area contributed by atoms with E-state index in [-0.39, 0.29) is 11.8 Å². The molecule has 0 radical (unpaired) electrons. The van der Waals surface area contributed by atoms with Gasteiger partial charge in [0.05, 0.1) is 0 Å². The van der Waals surface area contributed by atoms with Gasteiger partial charge in [-0.25, -0.2) is 0 Å². The van der Waals surface area contributed by atoms with E-state index in [1.807, 2.05) is 6.07 Å². The number of rotatable bonds is 4. The lowest BCUT2D eigenvalue weighted by molar-refractivity contribution is -0.114. The quantitative estimate of drug-likeness (QED) is 0.680. The van der Waals surface area contributed by atoms with Crippen molar-refractivity contribution in [2.24, 2.45) is 0 Å². The van der Waals surface area contributed by atoms with Gasteiger partial charge in [0, 0.05) is 29.4 Å². The highest BCUT2D eigenvalue weighted by atomic mass is 16.2. The zero-order chi connectivity index (χ0) is 16.9. The number of hydrogen-bond acceptors (Lipinski definition) is 5. The molecule has 3 rings (SSSR count). The number of carbonyl (C=O) groups is 2. The molecule has 0 saturated heterocycles. The third-order valence-corrected chi connectivity index (χ3v) is 3.17. The van der Waals surface area contributed by atoms with Gasteiger partial charge in [-0.3, -0.25) is 9.59 Å². The standard InChI is InChI=1S/C16H14N6O2/c1-10(23)17-13-6-3-5-12(9-13)16(24)18-14-7-2-4-11(8-14)15-19-21-22-20-15/h2-9H,1H3,(H,17,23)(H,18,24)(H,19,20,21,22). The average Bonchev–Trinajstić information content (AvgIpc) is 3.09. The van der Waals surface area contributed by atoms with Crippen molar-refractivity contribution in [1.29, 1.82) is 0 Å². The highest BCUT2D eigenvalue weighted by Crippen LogP contribution is 2.19. The van der Waals surface area contributed by atoms with Crippen molar-refractivity contribution in [3.8, 4) is 11.4 Å². The summed E-state index contributed by atoms with van der Waals surface area (Å²) in [4.78, 5) is 23.5. The summed E-state index contributed by atoms with van der Waals surface area (Å²) >= 11 is 0. The third-order valence-electron chi connectivity index (χ3n) is 3.17. The largest absolute Gasteiger partial charge is 0.326 e. The van der Waals surface area contributed by atoms with E-state index in [0.29, 0.717) is 22.8 Å². The fraction of sp³-hybridized carbons (Fsp3) is 0.0625. The second-order valence-corrected chi connectivity index (χ2v) is 5.03. The van der Waals surface area contributed by atoms with Crippen LogP contribution in [0, 0.1) is 0 Å². The molecule has 0 atom stereocenters. The summed E-state index contributed by atoms with van der Waals surface area (Å²) in [5, 5.41) is 19.2. The molecular weight excluding hydrogens is 308 g/mol. The van der Waals surface area contributed by atoms with Crippen LogP contribution in [0.3, 0.4) is 0 Å². The Morgan fingerprint density at radius 3 is 2.46 bits per heavy atom. The summed E-state index contributed by atoms with van der Waals surface area (Å²) in [6, 6.07) is 13.8. The Hall–Kier alpha value is -3.55. The molecule has 1 aromatic heterocycles. The van der Waals surface area contributed by atoms with Gasteiger partial charge in [-0.1, -0.05) is 18.2 Å². The van der Waals surface area contributed by atoms with Crippen LogP contribution >= 0.6 is 0 Å². The minimum absolute atomic E-state index is 0.194. The topological polar surface area (TPSA) is 113 Å². The Labute approximate surface area is 137 Å². The number of nitrogens with one attached hydrogen (secondary N) is 3. The van der Waals surface area contributed by atoms with Crippen LogP contribution in [0.25, 0.3) is 11.4 Å². The fourth-order valence-corrected chi connectivity index (χ4v) is 2.16. The van der Waals surface area contributed by atoms with Crippen LogP contribution in [0.4, 0.5) is 11.4 Å². The number of nitrogens with zero attached hydrogens (tertiary/aromatic N) is 3. The summed E-state index contributed by atoms with van der Waals surface area (Å²) in [6.07, 6.45) is 0. The molecule has 0 aliphatic heterocycles. The molecule has 8 nitrogen and oxygen atoms in total. The van der Waals surface area contributed by atoms with Crippen LogP contribution in [-0.4, -0.2) is 32.4 Å². The first-order valence-electron chi connectivity index (χ1n) is 7.15. The molecule has 120 valence electrons. The lowest BCUT2D eigenvalue weighted by Gasteiger charge is -2.08. The Bertz CT molecular complexity index is 876. The van der Waals surface area contributed by atoms with Gasteiger partial charge in [-0.2, -0.15) is 5.21 Å². The molecule has 2 amide bonds. The van der Waals surface area contributed by atoms with E-state index in [9.17, 15) is 9.59 Å². The maximum Gasteiger partial charge on any atom is 0.255 e. The van der Waals surface area contributed by atoms with Crippen LogP contribution in [0.2, 0.25) is 0 Å². The minimum atomic E-state index is -0.285. The van der Waals surface area contributed by atoms with E-state index >= 15 is 0 Å². The van der Waals surface area contributed by atoms with Crippen LogP contribution in [0.1, 0.15) is 17.3 Å². The van der Waals surface area contributed by atoms with Crippen LogP contribution in [0.5, 0.6) is 0 Å². The minimum Gasteiger partial charge on any atom is -0.326 e. The van der Waals surface area contributed by atoms with Gasteiger partial charge >= 0.3 is 0 Å². The van der Waals surface area contributed by atoms with Crippen molar-refractivity contribution in [3.63, 3.8) is 0 Å². The maximum atomic E-state index is 12.4. The molecular formula is C16H14N6O2. The number of amides is 2. The number of aromatic amines is 1. The van der Waals surface area contributed by atoms with Gasteiger partial charge in [0.2, 0.25) is 11.7 Å². The Morgan fingerprint density at radius 2 is 1.75 bits per heavy atom. The molecule has 8 heteroatoms. The van der Waals surface area contributed by atoms with E-state index in [4.69, 9.17) is 0 Å². The number of H-pyrrole nitrogens is 1. The lowest BCUT2D eigenvalue weighted by atomic mass is 10.1. The smallest absolute Gasteiger partial charge is 0.255 e. The Morgan fingerprint density at radius 1 is 1.00 bits per heavy atom. The molecule has 0 spiro atoms. The fourth-order valence-electron chi connectivity index (χ4n) is 2.16. The van der Waals surface area contributed by atoms with Crippen molar-refractivity contribution in [2.45, 2.75) is 6.92 Å². The summed E-state index contributed by atoms with van der Waals surface area (Å²) in [6.45, 7) is 1.41. The molecule has 0 saturated carbocycles. The van der Waals surface area contributed by atoms with Gasteiger partial charge in [0.1, 0.15) is 0 Å². The zero-order valence-corrected chi connectivity index (χ0v) is 12.8. The van der Waals surface area contributed by atoms with E-state index in [2.05, 4.69) is 31.3 Å².